The van der Waals surface area contributed by atoms with Crippen LogP contribution in [0.3, 0.4) is 0 Å². The molecule has 0 aromatic heterocycles. The topological polar surface area (TPSA) is 55.1 Å². The van der Waals surface area contributed by atoms with Gasteiger partial charge in [-0.15, -0.1) is 12.4 Å². The number of rotatable bonds is 2. The Morgan fingerprint density at radius 1 is 1.27 bits per heavy atom. The average molecular weight is 341 g/mol. The quantitative estimate of drug-likeness (QED) is 0.806. The molecule has 0 heterocycles. The molecule has 1 aromatic rings. The van der Waals surface area contributed by atoms with Crippen LogP contribution in [-0.2, 0) is 11.0 Å². The molecule has 22 heavy (non-hydrogen) atoms. The first-order valence-corrected chi connectivity index (χ1v) is 6.70. The van der Waals surface area contributed by atoms with Crippen molar-refractivity contribution in [2.45, 2.75) is 37.9 Å². The van der Waals surface area contributed by atoms with Gasteiger partial charge in [-0.25, -0.2) is 4.39 Å². The lowest BCUT2D eigenvalue weighted by atomic mass is 9.85. The molecule has 1 aromatic carbocycles. The van der Waals surface area contributed by atoms with Gasteiger partial charge in [-0.2, -0.15) is 13.2 Å². The van der Waals surface area contributed by atoms with Gasteiger partial charge in [-0.05, 0) is 37.5 Å². The highest BCUT2D eigenvalue weighted by Gasteiger charge is 2.34. The van der Waals surface area contributed by atoms with Crippen LogP contribution in [0.25, 0.3) is 0 Å². The summed E-state index contributed by atoms with van der Waals surface area (Å²) in [5.41, 5.74) is 4.33. The van der Waals surface area contributed by atoms with Gasteiger partial charge in [0.2, 0.25) is 5.91 Å². The molecular weight excluding hydrogens is 324 g/mol. The minimum atomic E-state index is -4.79. The number of benzene rings is 1. The lowest BCUT2D eigenvalue weighted by Crippen LogP contribution is -2.34. The molecule has 0 radical (unpaired) electrons. The lowest BCUT2D eigenvalue weighted by molar-refractivity contribution is -0.140. The summed E-state index contributed by atoms with van der Waals surface area (Å²) in [4.78, 5) is 12.0. The van der Waals surface area contributed by atoms with E-state index in [0.717, 1.165) is 18.9 Å². The fourth-order valence-corrected chi connectivity index (χ4v) is 2.53. The summed E-state index contributed by atoms with van der Waals surface area (Å²) in [6.45, 7) is 0. The van der Waals surface area contributed by atoms with Crippen LogP contribution in [-0.4, -0.2) is 11.9 Å². The summed E-state index contributed by atoms with van der Waals surface area (Å²) in [6, 6.07) is 2.36. The van der Waals surface area contributed by atoms with Gasteiger partial charge in [-0.1, -0.05) is 6.42 Å². The summed E-state index contributed by atoms with van der Waals surface area (Å²) >= 11 is 0. The van der Waals surface area contributed by atoms with Crippen molar-refractivity contribution in [1.82, 2.24) is 0 Å². The summed E-state index contributed by atoms with van der Waals surface area (Å²) in [5.74, 6) is -2.04. The van der Waals surface area contributed by atoms with Crippen LogP contribution in [0.5, 0.6) is 0 Å². The van der Waals surface area contributed by atoms with Crippen LogP contribution in [0, 0.1) is 11.7 Å². The third-order valence-electron chi connectivity index (χ3n) is 3.62. The van der Waals surface area contributed by atoms with Crippen LogP contribution >= 0.6 is 12.4 Å². The molecule has 1 fully saturated rings. The monoisotopic (exact) mass is 340 g/mol. The normalized spacial score (nSPS) is 21.9. The SMILES string of the molecule is Cl.NC1CCCC(C(=O)Nc2ccc(F)c(C(F)(F)F)c2)C1. The number of anilines is 1. The van der Waals surface area contributed by atoms with Crippen LogP contribution in [0.4, 0.5) is 23.2 Å². The molecule has 1 amide bonds. The van der Waals surface area contributed by atoms with Crippen molar-refractivity contribution in [3.05, 3.63) is 29.6 Å². The maximum atomic E-state index is 13.2. The Kier molecular flexibility index (Phi) is 6.19. The van der Waals surface area contributed by atoms with Crippen molar-refractivity contribution >= 4 is 24.0 Å². The molecule has 1 saturated carbocycles. The summed E-state index contributed by atoms with van der Waals surface area (Å²) in [6.07, 6.45) is -1.96. The Morgan fingerprint density at radius 2 is 1.95 bits per heavy atom. The Hall–Kier alpha value is -1.34. The Balaban J connectivity index is 0.00000242. The zero-order valence-electron chi connectivity index (χ0n) is 11.6. The van der Waals surface area contributed by atoms with Crippen LogP contribution < -0.4 is 11.1 Å². The Labute approximate surface area is 131 Å². The number of hydrogen-bond acceptors (Lipinski definition) is 2. The number of carbonyl (C=O) groups excluding carboxylic acids is 1. The van der Waals surface area contributed by atoms with Gasteiger partial charge in [0.15, 0.2) is 0 Å². The van der Waals surface area contributed by atoms with Crippen LogP contribution in [0.15, 0.2) is 18.2 Å². The largest absolute Gasteiger partial charge is 0.419 e. The fourth-order valence-electron chi connectivity index (χ4n) is 2.53. The van der Waals surface area contributed by atoms with E-state index in [4.69, 9.17) is 5.73 Å². The third-order valence-corrected chi connectivity index (χ3v) is 3.62. The molecule has 0 aliphatic heterocycles. The third kappa shape index (κ3) is 4.58. The number of alkyl halides is 3. The van der Waals surface area contributed by atoms with E-state index in [1.54, 1.807) is 0 Å². The maximum absolute atomic E-state index is 13.2. The zero-order valence-corrected chi connectivity index (χ0v) is 12.4. The molecule has 0 bridgehead atoms. The first-order valence-electron chi connectivity index (χ1n) is 6.70. The molecule has 0 spiro atoms. The number of nitrogens with two attached hydrogens (primary N) is 1. The Bertz CT molecular complexity index is 536. The van der Waals surface area contributed by atoms with Crippen molar-refractivity contribution in [3.63, 3.8) is 0 Å². The predicted molar refractivity (Wildman–Crippen MR) is 77.2 cm³/mol. The van der Waals surface area contributed by atoms with E-state index < -0.39 is 17.6 Å². The van der Waals surface area contributed by atoms with Gasteiger partial charge in [0, 0.05) is 17.6 Å². The minimum absolute atomic E-state index is 0. The molecule has 2 atom stereocenters. The van der Waals surface area contributed by atoms with Crippen LogP contribution in [0.1, 0.15) is 31.2 Å². The van der Waals surface area contributed by atoms with Crippen molar-refractivity contribution < 1.29 is 22.4 Å². The second-order valence-corrected chi connectivity index (χ2v) is 5.31. The van der Waals surface area contributed by atoms with E-state index in [1.165, 1.54) is 0 Å². The molecule has 2 unspecified atom stereocenters. The van der Waals surface area contributed by atoms with Gasteiger partial charge in [0.05, 0.1) is 5.56 Å². The number of amides is 1. The van der Waals surface area contributed by atoms with Crippen molar-refractivity contribution in [2.75, 3.05) is 5.32 Å². The number of carbonyl (C=O) groups is 1. The first-order chi connectivity index (χ1) is 9.77. The molecule has 1 aliphatic carbocycles. The van der Waals surface area contributed by atoms with E-state index >= 15 is 0 Å². The van der Waals surface area contributed by atoms with E-state index in [9.17, 15) is 22.4 Å². The number of hydrogen-bond donors (Lipinski definition) is 2. The lowest BCUT2D eigenvalue weighted by Gasteiger charge is -2.25. The minimum Gasteiger partial charge on any atom is -0.328 e. The zero-order chi connectivity index (χ0) is 15.6. The molecule has 1 aliphatic rings. The highest BCUT2D eigenvalue weighted by atomic mass is 35.5. The second-order valence-electron chi connectivity index (χ2n) is 5.31. The molecule has 3 nitrogen and oxygen atoms in total. The van der Waals surface area contributed by atoms with Gasteiger partial charge in [0.1, 0.15) is 5.82 Å². The van der Waals surface area contributed by atoms with E-state index in [2.05, 4.69) is 5.32 Å². The van der Waals surface area contributed by atoms with Crippen molar-refractivity contribution in [1.29, 1.82) is 0 Å². The van der Waals surface area contributed by atoms with Crippen molar-refractivity contribution in [2.24, 2.45) is 11.7 Å². The Morgan fingerprint density at radius 3 is 2.55 bits per heavy atom. The predicted octanol–water partition coefficient (Wildman–Crippen LogP) is 3.72. The van der Waals surface area contributed by atoms with Crippen molar-refractivity contribution in [3.8, 4) is 0 Å². The smallest absolute Gasteiger partial charge is 0.328 e. The molecule has 8 heteroatoms. The van der Waals surface area contributed by atoms with Gasteiger partial charge in [0.25, 0.3) is 0 Å². The first kappa shape index (κ1) is 18.7. The van der Waals surface area contributed by atoms with E-state index in [0.29, 0.717) is 25.0 Å². The second kappa shape index (κ2) is 7.28. The van der Waals surface area contributed by atoms with Crippen LogP contribution in [0.2, 0.25) is 0 Å². The van der Waals surface area contributed by atoms with Gasteiger partial charge in [-0.3, -0.25) is 4.79 Å². The molecule has 0 saturated heterocycles. The molecular formula is C14H17ClF4N2O. The van der Waals surface area contributed by atoms with Gasteiger partial charge < -0.3 is 11.1 Å². The summed E-state index contributed by atoms with van der Waals surface area (Å²) in [5, 5.41) is 2.41. The highest BCUT2D eigenvalue weighted by Crippen LogP contribution is 2.33. The van der Waals surface area contributed by atoms with Gasteiger partial charge >= 0.3 is 6.18 Å². The summed E-state index contributed by atoms with van der Waals surface area (Å²) in [7, 11) is 0. The number of halogens is 5. The molecule has 124 valence electrons. The maximum Gasteiger partial charge on any atom is 0.419 e. The van der Waals surface area contributed by atoms with E-state index in [1.807, 2.05) is 0 Å². The average Bonchev–Trinajstić information content (AvgIpc) is 2.39. The molecule has 3 N–H and O–H groups in total. The summed E-state index contributed by atoms with van der Waals surface area (Å²) < 4.78 is 51.0. The van der Waals surface area contributed by atoms with E-state index in [-0.39, 0.29) is 36.0 Å². The number of nitrogens with one attached hydrogen (secondary N) is 1. The fraction of sp³-hybridized carbons (Fsp3) is 0.500. The highest BCUT2D eigenvalue weighted by molar-refractivity contribution is 5.92. The molecule has 2 rings (SSSR count). The standard InChI is InChI=1S/C14H16F4N2O.ClH/c15-12-5-4-10(7-11(12)14(16,17)18)20-13(21)8-2-1-3-9(19)6-8;/h4-5,7-9H,1-3,6,19H2,(H,20,21);1H.